The molecule has 3 rings (SSSR count). The molecule has 1 amide bonds. The first-order valence-electron chi connectivity index (χ1n) is 8.23. The summed E-state index contributed by atoms with van der Waals surface area (Å²) in [7, 11) is -7.72. The second-order valence-electron chi connectivity index (χ2n) is 6.29. The van der Waals surface area contributed by atoms with E-state index in [2.05, 4.69) is 4.72 Å². The van der Waals surface area contributed by atoms with Gasteiger partial charge in [-0.2, -0.15) is 0 Å². The summed E-state index contributed by atoms with van der Waals surface area (Å²) in [5, 5.41) is -0.492. The topological polar surface area (TPSA) is 101 Å². The molecular formula is C17H15Cl3N2O5S2. The van der Waals surface area contributed by atoms with Gasteiger partial charge < -0.3 is 4.90 Å². The molecule has 2 aromatic rings. The second kappa shape index (κ2) is 8.41. The van der Waals surface area contributed by atoms with E-state index in [0.29, 0.717) is 5.02 Å². The third-order valence-electron chi connectivity index (χ3n) is 4.38. The molecule has 0 aromatic heterocycles. The van der Waals surface area contributed by atoms with E-state index in [1.54, 1.807) is 0 Å². The Morgan fingerprint density at radius 3 is 2.07 bits per heavy atom. The van der Waals surface area contributed by atoms with Crippen LogP contribution in [-0.4, -0.2) is 52.5 Å². The lowest BCUT2D eigenvalue weighted by Crippen LogP contribution is -2.58. The average Bonchev–Trinajstić information content (AvgIpc) is 2.58. The average molecular weight is 498 g/mol. The molecule has 1 heterocycles. The zero-order chi connectivity index (χ0) is 21.4. The van der Waals surface area contributed by atoms with Crippen LogP contribution in [0.2, 0.25) is 15.1 Å². The van der Waals surface area contributed by atoms with Crippen molar-refractivity contribution in [3.05, 3.63) is 57.5 Å². The highest BCUT2D eigenvalue weighted by molar-refractivity contribution is 7.92. The van der Waals surface area contributed by atoms with E-state index in [4.69, 9.17) is 34.8 Å². The number of hydrogen-bond donors (Lipinski definition) is 1. The van der Waals surface area contributed by atoms with E-state index in [-0.39, 0.29) is 32.9 Å². The number of carbonyl (C=O) groups is 1. The van der Waals surface area contributed by atoms with Gasteiger partial charge in [0.15, 0.2) is 9.84 Å². The molecule has 156 valence electrons. The normalized spacial score (nSPS) is 15.2. The number of hydrogen-bond acceptors (Lipinski definition) is 5. The van der Waals surface area contributed by atoms with Gasteiger partial charge in [0.25, 0.3) is 0 Å². The predicted molar refractivity (Wildman–Crippen MR) is 111 cm³/mol. The molecule has 0 aliphatic carbocycles. The summed E-state index contributed by atoms with van der Waals surface area (Å²) in [6.45, 7) is -0.603. The van der Waals surface area contributed by atoms with E-state index in [9.17, 15) is 21.6 Å². The third kappa shape index (κ3) is 4.70. The second-order valence-corrected chi connectivity index (χ2v) is 11.5. The van der Waals surface area contributed by atoms with Crippen LogP contribution >= 0.6 is 34.8 Å². The molecule has 1 aliphatic heterocycles. The summed E-state index contributed by atoms with van der Waals surface area (Å²) in [5.41, 5.74) is 0. The number of sulfone groups is 1. The molecule has 0 bridgehead atoms. The molecule has 12 heteroatoms. The smallest absolute Gasteiger partial charge is 0.244 e. The van der Waals surface area contributed by atoms with Crippen LogP contribution in [0.25, 0.3) is 0 Å². The zero-order valence-corrected chi connectivity index (χ0v) is 18.6. The van der Waals surface area contributed by atoms with E-state index >= 15 is 0 Å². The van der Waals surface area contributed by atoms with Crippen LogP contribution in [0.5, 0.6) is 0 Å². The SMILES string of the molecule is O=C(CNS(=O)(=O)c1c(Cl)cccc1Cl)N1CC(S(=O)(=O)c2ccc(Cl)cc2)C1. The monoisotopic (exact) mass is 496 g/mol. The lowest BCUT2D eigenvalue weighted by molar-refractivity contribution is -0.133. The van der Waals surface area contributed by atoms with Crippen LogP contribution in [0, 0.1) is 0 Å². The molecule has 1 saturated heterocycles. The van der Waals surface area contributed by atoms with Gasteiger partial charge in [0.2, 0.25) is 15.9 Å². The summed E-state index contributed by atoms with van der Waals surface area (Å²) >= 11 is 17.6. The Kier molecular flexibility index (Phi) is 6.47. The van der Waals surface area contributed by atoms with E-state index in [1.807, 2.05) is 0 Å². The standard InChI is InChI=1S/C17H15Cl3N2O5S2/c18-11-4-6-12(7-5-11)28(24,25)13-9-22(10-13)16(23)8-21-29(26,27)17-14(19)2-1-3-15(17)20/h1-7,13,21H,8-10H2. The molecule has 0 saturated carbocycles. The van der Waals surface area contributed by atoms with Crippen LogP contribution in [0.4, 0.5) is 0 Å². The summed E-state index contributed by atoms with van der Waals surface area (Å²) in [6.07, 6.45) is 0. The van der Waals surface area contributed by atoms with Crippen LogP contribution in [-0.2, 0) is 24.7 Å². The number of rotatable bonds is 6. The first-order chi connectivity index (χ1) is 13.5. The van der Waals surface area contributed by atoms with Gasteiger partial charge in [-0.15, -0.1) is 0 Å². The lowest BCUT2D eigenvalue weighted by Gasteiger charge is -2.38. The van der Waals surface area contributed by atoms with Crippen molar-refractivity contribution in [2.24, 2.45) is 0 Å². The van der Waals surface area contributed by atoms with Gasteiger partial charge in [-0.25, -0.2) is 21.6 Å². The summed E-state index contributed by atoms with van der Waals surface area (Å²) in [6, 6.07) is 10.00. The van der Waals surface area contributed by atoms with Gasteiger partial charge in [-0.05, 0) is 36.4 Å². The molecule has 7 nitrogen and oxygen atoms in total. The van der Waals surface area contributed by atoms with Crippen molar-refractivity contribution < 1.29 is 21.6 Å². The number of likely N-dealkylation sites (tertiary alicyclic amines) is 1. The maximum absolute atomic E-state index is 12.5. The molecule has 29 heavy (non-hydrogen) atoms. The van der Waals surface area contributed by atoms with Gasteiger partial charge in [0, 0.05) is 18.1 Å². The van der Waals surface area contributed by atoms with Crippen molar-refractivity contribution in [3.8, 4) is 0 Å². The summed E-state index contributed by atoms with van der Waals surface area (Å²) in [4.78, 5) is 13.3. The quantitative estimate of drug-likeness (QED) is 0.661. The number of nitrogens with zero attached hydrogens (tertiary/aromatic N) is 1. The molecule has 1 fully saturated rings. The van der Waals surface area contributed by atoms with Gasteiger partial charge in [-0.3, -0.25) is 4.79 Å². The maximum Gasteiger partial charge on any atom is 0.244 e. The minimum absolute atomic E-state index is 0.0294. The number of sulfonamides is 1. The van der Waals surface area contributed by atoms with E-state index < -0.39 is 37.6 Å². The highest BCUT2D eigenvalue weighted by Gasteiger charge is 2.40. The van der Waals surface area contributed by atoms with Gasteiger partial charge >= 0.3 is 0 Å². The lowest BCUT2D eigenvalue weighted by atomic mass is 10.2. The molecule has 0 radical (unpaired) electrons. The number of amides is 1. The van der Waals surface area contributed by atoms with E-state index in [0.717, 1.165) is 0 Å². The van der Waals surface area contributed by atoms with Crippen molar-refractivity contribution in [3.63, 3.8) is 0 Å². The van der Waals surface area contributed by atoms with Gasteiger partial charge in [0.05, 0.1) is 21.5 Å². The van der Waals surface area contributed by atoms with Crippen molar-refractivity contribution in [1.29, 1.82) is 0 Å². The minimum atomic E-state index is -4.12. The minimum Gasteiger partial charge on any atom is -0.339 e. The van der Waals surface area contributed by atoms with Crippen molar-refractivity contribution in [2.75, 3.05) is 19.6 Å². The van der Waals surface area contributed by atoms with Crippen LogP contribution < -0.4 is 4.72 Å². The van der Waals surface area contributed by atoms with Crippen LogP contribution in [0.3, 0.4) is 0 Å². The Labute approximate surface area is 183 Å². The van der Waals surface area contributed by atoms with Crippen LogP contribution in [0.1, 0.15) is 0 Å². The fourth-order valence-electron chi connectivity index (χ4n) is 2.73. The third-order valence-corrected chi connectivity index (χ3v) is 9.10. The van der Waals surface area contributed by atoms with Crippen molar-refractivity contribution in [1.82, 2.24) is 9.62 Å². The first-order valence-corrected chi connectivity index (χ1v) is 12.4. The molecule has 1 aliphatic rings. The number of nitrogens with one attached hydrogen (secondary N) is 1. The summed E-state index contributed by atoms with van der Waals surface area (Å²) < 4.78 is 52.0. The Morgan fingerprint density at radius 2 is 1.52 bits per heavy atom. The predicted octanol–water partition coefficient (Wildman–Crippen LogP) is 2.61. The highest BCUT2D eigenvalue weighted by Crippen LogP contribution is 2.29. The Hall–Kier alpha value is -1.36. The molecule has 0 unspecified atom stereocenters. The molecule has 0 atom stereocenters. The Morgan fingerprint density at radius 1 is 0.966 bits per heavy atom. The molecular weight excluding hydrogens is 483 g/mol. The Bertz CT molecular complexity index is 1130. The zero-order valence-electron chi connectivity index (χ0n) is 14.7. The van der Waals surface area contributed by atoms with Crippen molar-refractivity contribution in [2.45, 2.75) is 15.0 Å². The Balaban J connectivity index is 1.60. The highest BCUT2D eigenvalue weighted by atomic mass is 35.5. The molecule has 2 aromatic carbocycles. The van der Waals surface area contributed by atoms with Gasteiger partial charge in [-0.1, -0.05) is 40.9 Å². The van der Waals surface area contributed by atoms with Gasteiger partial charge in [0.1, 0.15) is 10.1 Å². The number of benzene rings is 2. The fourth-order valence-corrected chi connectivity index (χ4v) is 6.63. The fraction of sp³-hybridized carbons (Fsp3) is 0.235. The van der Waals surface area contributed by atoms with Crippen molar-refractivity contribution >= 4 is 60.6 Å². The van der Waals surface area contributed by atoms with Crippen LogP contribution in [0.15, 0.2) is 52.3 Å². The van der Waals surface area contributed by atoms with E-state index in [1.165, 1.54) is 47.4 Å². The maximum atomic E-state index is 12.5. The molecule has 0 spiro atoms. The first kappa shape index (κ1) is 22.3. The largest absolute Gasteiger partial charge is 0.339 e. The number of carbonyl (C=O) groups excluding carboxylic acids is 1. The number of halogens is 3. The molecule has 1 N–H and O–H groups in total. The summed E-state index contributed by atoms with van der Waals surface area (Å²) in [5.74, 6) is -0.556.